The second kappa shape index (κ2) is 8.35. The molecule has 1 aromatic heterocycles. The van der Waals surface area contributed by atoms with Crippen LogP contribution in [-0.2, 0) is 26.1 Å². The van der Waals surface area contributed by atoms with Gasteiger partial charge in [0, 0.05) is 24.8 Å². The molecule has 144 valence electrons. The highest BCUT2D eigenvalue weighted by molar-refractivity contribution is 7.89. The minimum Gasteiger partial charge on any atom is -0.457 e. The van der Waals surface area contributed by atoms with E-state index in [1.54, 1.807) is 31.2 Å². The third-order valence-corrected chi connectivity index (χ3v) is 6.43. The Morgan fingerprint density at radius 1 is 1.26 bits per heavy atom. The molecule has 2 heterocycles. The van der Waals surface area contributed by atoms with E-state index in [1.807, 2.05) is 0 Å². The summed E-state index contributed by atoms with van der Waals surface area (Å²) in [7, 11) is -3.70. The number of sulfonamides is 1. The SMILES string of the molecule is Cc1ccc(C(=O)OCc2ccc(Cl)nc2)cc1S(=O)(=O)N1CCOCC1. The van der Waals surface area contributed by atoms with Crippen LogP contribution in [-0.4, -0.2) is 50.0 Å². The highest BCUT2D eigenvalue weighted by Crippen LogP contribution is 2.23. The number of hydrogen-bond donors (Lipinski definition) is 0. The van der Waals surface area contributed by atoms with E-state index in [9.17, 15) is 13.2 Å². The molecule has 1 aliphatic heterocycles. The number of rotatable bonds is 5. The third-order valence-electron chi connectivity index (χ3n) is 4.17. The topological polar surface area (TPSA) is 85.8 Å². The number of pyridine rings is 1. The second-order valence-electron chi connectivity index (χ2n) is 6.06. The molecule has 0 unspecified atom stereocenters. The number of benzene rings is 1. The Bertz CT molecular complexity index is 925. The number of nitrogens with zero attached hydrogens (tertiary/aromatic N) is 2. The van der Waals surface area contributed by atoms with Gasteiger partial charge in [-0.15, -0.1) is 0 Å². The van der Waals surface area contributed by atoms with Gasteiger partial charge >= 0.3 is 5.97 Å². The largest absolute Gasteiger partial charge is 0.457 e. The number of hydrogen-bond acceptors (Lipinski definition) is 6. The molecule has 1 saturated heterocycles. The van der Waals surface area contributed by atoms with Crippen molar-refractivity contribution < 1.29 is 22.7 Å². The van der Waals surface area contributed by atoms with Gasteiger partial charge in [-0.1, -0.05) is 23.7 Å². The smallest absolute Gasteiger partial charge is 0.338 e. The molecule has 0 spiro atoms. The summed E-state index contributed by atoms with van der Waals surface area (Å²) in [6.07, 6.45) is 1.51. The summed E-state index contributed by atoms with van der Waals surface area (Å²) in [4.78, 5) is 16.4. The summed E-state index contributed by atoms with van der Waals surface area (Å²) in [5.41, 5.74) is 1.43. The first-order valence-electron chi connectivity index (χ1n) is 8.34. The van der Waals surface area contributed by atoms with Gasteiger partial charge in [0.15, 0.2) is 0 Å². The lowest BCUT2D eigenvalue weighted by molar-refractivity contribution is 0.0472. The van der Waals surface area contributed by atoms with Crippen LogP contribution in [0, 0.1) is 6.92 Å². The van der Waals surface area contributed by atoms with E-state index in [2.05, 4.69) is 4.98 Å². The van der Waals surface area contributed by atoms with E-state index in [1.165, 1.54) is 16.6 Å². The van der Waals surface area contributed by atoms with E-state index in [-0.39, 0.29) is 17.1 Å². The van der Waals surface area contributed by atoms with Gasteiger partial charge in [0.05, 0.1) is 23.7 Å². The molecule has 0 saturated carbocycles. The Kier molecular flexibility index (Phi) is 6.11. The van der Waals surface area contributed by atoms with Crippen molar-refractivity contribution in [1.29, 1.82) is 0 Å². The number of carbonyl (C=O) groups excluding carboxylic acids is 1. The molecule has 1 aliphatic rings. The van der Waals surface area contributed by atoms with Crippen LogP contribution in [0.1, 0.15) is 21.5 Å². The number of carbonyl (C=O) groups is 1. The lowest BCUT2D eigenvalue weighted by Crippen LogP contribution is -2.40. The van der Waals surface area contributed by atoms with Crippen molar-refractivity contribution in [3.63, 3.8) is 0 Å². The lowest BCUT2D eigenvalue weighted by Gasteiger charge is -2.26. The molecule has 9 heteroatoms. The fourth-order valence-corrected chi connectivity index (χ4v) is 4.43. The molecule has 0 N–H and O–H groups in total. The Balaban J connectivity index is 1.77. The van der Waals surface area contributed by atoms with Crippen LogP contribution in [0.15, 0.2) is 41.4 Å². The average Bonchev–Trinajstić information content (AvgIpc) is 2.68. The zero-order valence-corrected chi connectivity index (χ0v) is 16.3. The summed E-state index contributed by atoms with van der Waals surface area (Å²) < 4.78 is 37.6. The van der Waals surface area contributed by atoms with E-state index in [0.29, 0.717) is 42.6 Å². The van der Waals surface area contributed by atoms with Crippen LogP contribution in [0.5, 0.6) is 0 Å². The Hall–Kier alpha value is -2.00. The summed E-state index contributed by atoms with van der Waals surface area (Å²) in [5.74, 6) is -0.608. The van der Waals surface area contributed by atoms with Crippen molar-refractivity contribution in [2.45, 2.75) is 18.4 Å². The molecular weight excluding hydrogens is 392 g/mol. The zero-order valence-electron chi connectivity index (χ0n) is 14.7. The molecule has 1 aromatic carbocycles. The maximum Gasteiger partial charge on any atom is 0.338 e. The van der Waals surface area contributed by atoms with Crippen molar-refractivity contribution in [3.8, 4) is 0 Å². The fourth-order valence-electron chi connectivity index (χ4n) is 2.66. The molecule has 2 aromatic rings. The van der Waals surface area contributed by atoms with Gasteiger partial charge in [-0.3, -0.25) is 0 Å². The van der Waals surface area contributed by atoms with Crippen molar-refractivity contribution in [1.82, 2.24) is 9.29 Å². The molecule has 0 atom stereocenters. The number of ether oxygens (including phenoxy) is 2. The monoisotopic (exact) mass is 410 g/mol. The third kappa shape index (κ3) is 4.65. The highest BCUT2D eigenvalue weighted by Gasteiger charge is 2.28. The molecule has 0 aliphatic carbocycles. The fraction of sp³-hybridized carbons (Fsp3) is 0.333. The number of halogens is 1. The molecule has 3 rings (SSSR count). The van der Waals surface area contributed by atoms with Gasteiger partial charge in [0.1, 0.15) is 11.8 Å². The summed E-state index contributed by atoms with van der Waals surface area (Å²) in [6.45, 7) is 3.01. The van der Waals surface area contributed by atoms with Gasteiger partial charge in [-0.25, -0.2) is 18.2 Å². The molecule has 1 fully saturated rings. The maximum atomic E-state index is 12.9. The van der Waals surface area contributed by atoms with Crippen molar-refractivity contribution in [2.24, 2.45) is 0 Å². The van der Waals surface area contributed by atoms with Crippen LogP contribution in [0.2, 0.25) is 5.15 Å². The second-order valence-corrected chi connectivity index (χ2v) is 8.36. The van der Waals surface area contributed by atoms with Crippen LogP contribution < -0.4 is 0 Å². The average molecular weight is 411 g/mol. The Morgan fingerprint density at radius 3 is 2.67 bits per heavy atom. The quantitative estimate of drug-likeness (QED) is 0.555. The molecular formula is C18H19ClN2O5S. The van der Waals surface area contributed by atoms with E-state index in [0.717, 1.165) is 0 Å². The number of esters is 1. The van der Waals surface area contributed by atoms with Gasteiger partial charge in [-0.2, -0.15) is 4.31 Å². The van der Waals surface area contributed by atoms with Gasteiger partial charge in [0.2, 0.25) is 10.0 Å². The molecule has 7 nitrogen and oxygen atoms in total. The lowest BCUT2D eigenvalue weighted by atomic mass is 10.1. The highest BCUT2D eigenvalue weighted by atomic mass is 35.5. The van der Waals surface area contributed by atoms with Gasteiger partial charge < -0.3 is 9.47 Å². The molecule has 0 radical (unpaired) electrons. The predicted octanol–water partition coefficient (Wildman–Crippen LogP) is 2.42. The minimum absolute atomic E-state index is 0.0163. The molecule has 0 amide bonds. The number of aromatic nitrogens is 1. The van der Waals surface area contributed by atoms with E-state index in [4.69, 9.17) is 21.1 Å². The maximum absolute atomic E-state index is 12.9. The number of morpholine rings is 1. The summed E-state index contributed by atoms with van der Waals surface area (Å²) in [5, 5.41) is 0.349. The summed E-state index contributed by atoms with van der Waals surface area (Å²) in [6, 6.07) is 7.82. The van der Waals surface area contributed by atoms with Crippen molar-refractivity contribution in [3.05, 3.63) is 58.4 Å². The van der Waals surface area contributed by atoms with Gasteiger partial charge in [-0.05, 0) is 30.7 Å². The molecule has 27 heavy (non-hydrogen) atoms. The van der Waals surface area contributed by atoms with Crippen LogP contribution in [0.4, 0.5) is 0 Å². The molecule has 0 bridgehead atoms. The first-order valence-corrected chi connectivity index (χ1v) is 10.2. The van der Waals surface area contributed by atoms with Crippen molar-refractivity contribution >= 4 is 27.6 Å². The van der Waals surface area contributed by atoms with Gasteiger partial charge in [0.25, 0.3) is 0 Å². The first-order chi connectivity index (χ1) is 12.9. The number of aryl methyl sites for hydroxylation is 1. The standard InChI is InChI=1S/C18H19ClN2O5S/c1-13-2-4-15(18(22)26-12-14-3-5-17(19)20-11-14)10-16(13)27(23,24)21-6-8-25-9-7-21/h2-5,10-11H,6-9,12H2,1H3. The van der Waals surface area contributed by atoms with Crippen molar-refractivity contribution in [2.75, 3.05) is 26.3 Å². The van der Waals surface area contributed by atoms with Crippen LogP contribution in [0.25, 0.3) is 0 Å². The van der Waals surface area contributed by atoms with Crippen LogP contribution in [0.3, 0.4) is 0 Å². The zero-order chi connectivity index (χ0) is 19.4. The van der Waals surface area contributed by atoms with E-state index >= 15 is 0 Å². The normalized spacial score (nSPS) is 15.5. The Labute approximate surface area is 162 Å². The Morgan fingerprint density at radius 2 is 2.00 bits per heavy atom. The van der Waals surface area contributed by atoms with E-state index < -0.39 is 16.0 Å². The summed E-state index contributed by atoms with van der Waals surface area (Å²) >= 11 is 5.72. The van der Waals surface area contributed by atoms with Crippen LogP contribution >= 0.6 is 11.6 Å². The predicted molar refractivity (Wildman–Crippen MR) is 99.1 cm³/mol. The first kappa shape index (κ1) is 19.8. The minimum atomic E-state index is -3.70.